The summed E-state index contributed by atoms with van der Waals surface area (Å²) in [4.78, 5) is 39.3. The molecule has 0 radical (unpaired) electrons. The first-order valence-corrected chi connectivity index (χ1v) is 8.06. The fourth-order valence-corrected chi connectivity index (χ4v) is 3.24. The molecule has 7 heteroatoms. The third-order valence-corrected chi connectivity index (χ3v) is 4.40. The van der Waals surface area contributed by atoms with Crippen LogP contribution in [0.2, 0.25) is 0 Å². The summed E-state index contributed by atoms with van der Waals surface area (Å²) in [6, 6.07) is 3.71. The Kier molecular flexibility index (Phi) is 4.62. The van der Waals surface area contributed by atoms with Gasteiger partial charge in [-0.3, -0.25) is 24.2 Å². The minimum Gasteiger partial charge on any atom is -0.466 e. The molecule has 1 atom stereocenters. The largest absolute Gasteiger partial charge is 0.466 e. The second-order valence-electron chi connectivity index (χ2n) is 6.03. The highest BCUT2D eigenvalue weighted by Crippen LogP contribution is 2.30. The molecule has 0 N–H and O–H groups in total. The van der Waals surface area contributed by atoms with Crippen LogP contribution in [0.15, 0.2) is 18.2 Å². The Morgan fingerprint density at radius 2 is 2.17 bits per heavy atom. The van der Waals surface area contributed by atoms with Crippen LogP contribution in [-0.2, 0) is 14.3 Å². The lowest BCUT2D eigenvalue weighted by atomic mass is 9.98. The lowest BCUT2D eigenvalue weighted by Gasteiger charge is -2.34. The molecule has 128 valence electrons. The van der Waals surface area contributed by atoms with Crippen LogP contribution in [0.3, 0.4) is 0 Å². The number of Topliss-reactive ketones (excluding diaryl/α,β-unsaturated/α-hetero) is 1. The average Bonchev–Trinajstić information content (AvgIpc) is 2.80. The zero-order valence-corrected chi connectivity index (χ0v) is 13.5. The number of likely N-dealkylation sites (tertiary alicyclic amines) is 1. The number of anilines is 1. The number of amides is 1. The normalized spacial score (nSPS) is 21.1. The summed E-state index contributed by atoms with van der Waals surface area (Å²) >= 11 is 0. The maximum atomic E-state index is 13.5. The van der Waals surface area contributed by atoms with Crippen molar-refractivity contribution in [1.29, 1.82) is 0 Å². The Morgan fingerprint density at radius 3 is 2.92 bits per heavy atom. The topological polar surface area (TPSA) is 66.9 Å². The highest BCUT2D eigenvalue weighted by atomic mass is 19.1. The molecule has 1 amide bonds. The van der Waals surface area contributed by atoms with Gasteiger partial charge < -0.3 is 4.74 Å². The van der Waals surface area contributed by atoms with Crippen LogP contribution in [0, 0.1) is 11.7 Å². The van der Waals surface area contributed by atoms with Crippen molar-refractivity contribution < 1.29 is 23.5 Å². The van der Waals surface area contributed by atoms with Gasteiger partial charge in [0.25, 0.3) is 5.78 Å². The second-order valence-corrected chi connectivity index (χ2v) is 6.03. The van der Waals surface area contributed by atoms with Gasteiger partial charge in [0.15, 0.2) is 0 Å². The zero-order chi connectivity index (χ0) is 17.3. The van der Waals surface area contributed by atoms with Gasteiger partial charge in [-0.2, -0.15) is 0 Å². The highest BCUT2D eigenvalue weighted by molar-refractivity contribution is 6.52. The lowest BCUT2D eigenvalue weighted by Crippen LogP contribution is -2.46. The van der Waals surface area contributed by atoms with Crippen LogP contribution in [-0.4, -0.2) is 48.9 Å². The first kappa shape index (κ1) is 16.6. The third-order valence-electron chi connectivity index (χ3n) is 4.40. The molecule has 1 saturated heterocycles. The molecule has 0 aromatic heterocycles. The van der Waals surface area contributed by atoms with Crippen LogP contribution in [0.25, 0.3) is 0 Å². The SMILES string of the molecule is CCOC(=O)[C@H]1CCCN(CN2C(=O)C(=O)c3ccc(F)cc32)C1. The molecule has 2 heterocycles. The summed E-state index contributed by atoms with van der Waals surface area (Å²) in [7, 11) is 0. The van der Waals surface area contributed by atoms with Crippen molar-refractivity contribution in [2.75, 3.05) is 31.3 Å². The Balaban J connectivity index is 1.74. The monoisotopic (exact) mass is 334 g/mol. The van der Waals surface area contributed by atoms with Gasteiger partial charge in [-0.05, 0) is 44.5 Å². The fraction of sp³-hybridized carbons (Fsp3) is 0.471. The minimum absolute atomic E-state index is 0.164. The van der Waals surface area contributed by atoms with Crippen molar-refractivity contribution >= 4 is 23.3 Å². The van der Waals surface area contributed by atoms with E-state index < -0.39 is 17.5 Å². The molecule has 0 unspecified atom stereocenters. The molecule has 2 aliphatic rings. The zero-order valence-electron chi connectivity index (χ0n) is 13.5. The first-order chi connectivity index (χ1) is 11.5. The smallest absolute Gasteiger partial charge is 0.310 e. The molecule has 1 aromatic rings. The van der Waals surface area contributed by atoms with Crippen LogP contribution in [0.5, 0.6) is 0 Å². The summed E-state index contributed by atoms with van der Waals surface area (Å²) in [6.45, 7) is 3.43. The Bertz CT molecular complexity index is 691. The van der Waals surface area contributed by atoms with E-state index in [9.17, 15) is 18.8 Å². The summed E-state index contributed by atoms with van der Waals surface area (Å²) in [5.41, 5.74) is 0.517. The first-order valence-electron chi connectivity index (χ1n) is 8.06. The highest BCUT2D eigenvalue weighted by Gasteiger charge is 2.38. The quantitative estimate of drug-likeness (QED) is 0.618. The van der Waals surface area contributed by atoms with Gasteiger partial charge >= 0.3 is 11.9 Å². The van der Waals surface area contributed by atoms with Crippen molar-refractivity contribution in [2.24, 2.45) is 5.92 Å². The number of esters is 1. The van der Waals surface area contributed by atoms with E-state index in [0.29, 0.717) is 25.4 Å². The maximum Gasteiger partial charge on any atom is 0.310 e. The van der Waals surface area contributed by atoms with Crippen molar-refractivity contribution in [2.45, 2.75) is 19.8 Å². The number of nitrogens with zero attached hydrogens (tertiary/aromatic N) is 2. The predicted molar refractivity (Wildman–Crippen MR) is 84.0 cm³/mol. The molecule has 0 saturated carbocycles. The predicted octanol–water partition coefficient (Wildman–Crippen LogP) is 1.59. The number of fused-ring (bicyclic) bond motifs is 1. The van der Waals surface area contributed by atoms with Crippen molar-refractivity contribution in [3.63, 3.8) is 0 Å². The number of ketones is 1. The summed E-state index contributed by atoms with van der Waals surface area (Å²) in [5.74, 6) is -2.25. The van der Waals surface area contributed by atoms with Gasteiger partial charge in [0.2, 0.25) is 0 Å². The van der Waals surface area contributed by atoms with Crippen molar-refractivity contribution in [1.82, 2.24) is 4.90 Å². The van der Waals surface area contributed by atoms with Crippen LogP contribution >= 0.6 is 0 Å². The van der Waals surface area contributed by atoms with Crippen LogP contribution < -0.4 is 4.90 Å². The van der Waals surface area contributed by atoms with E-state index in [-0.39, 0.29) is 24.1 Å². The number of halogens is 1. The van der Waals surface area contributed by atoms with E-state index >= 15 is 0 Å². The van der Waals surface area contributed by atoms with E-state index in [1.165, 1.54) is 23.1 Å². The summed E-state index contributed by atoms with van der Waals surface area (Å²) in [5, 5.41) is 0. The van der Waals surface area contributed by atoms with E-state index in [0.717, 1.165) is 12.8 Å². The molecular formula is C17H19FN2O4. The van der Waals surface area contributed by atoms with Gasteiger partial charge in [-0.1, -0.05) is 0 Å². The van der Waals surface area contributed by atoms with E-state index in [1.807, 2.05) is 4.90 Å². The van der Waals surface area contributed by atoms with Gasteiger partial charge in [-0.25, -0.2) is 4.39 Å². The molecule has 6 nitrogen and oxygen atoms in total. The Hall–Kier alpha value is -2.28. The molecule has 1 fully saturated rings. The average molecular weight is 334 g/mol. The number of carbonyl (C=O) groups is 3. The molecule has 0 aliphatic carbocycles. The lowest BCUT2D eigenvalue weighted by molar-refractivity contribution is -0.149. The Morgan fingerprint density at radius 1 is 1.38 bits per heavy atom. The second kappa shape index (κ2) is 6.68. The molecular weight excluding hydrogens is 315 g/mol. The number of hydrogen-bond donors (Lipinski definition) is 0. The minimum atomic E-state index is -0.658. The van der Waals surface area contributed by atoms with Crippen LogP contribution in [0.1, 0.15) is 30.1 Å². The molecule has 1 aromatic carbocycles. The van der Waals surface area contributed by atoms with Crippen LogP contribution in [0.4, 0.5) is 10.1 Å². The van der Waals surface area contributed by atoms with Crippen molar-refractivity contribution in [3.05, 3.63) is 29.6 Å². The molecule has 3 rings (SSSR count). The number of ether oxygens (including phenoxy) is 1. The number of carbonyl (C=O) groups excluding carboxylic acids is 3. The molecule has 2 aliphatic heterocycles. The number of rotatable bonds is 4. The molecule has 0 spiro atoms. The maximum absolute atomic E-state index is 13.5. The van der Waals surface area contributed by atoms with Gasteiger partial charge in [-0.15, -0.1) is 0 Å². The number of hydrogen-bond acceptors (Lipinski definition) is 5. The molecule has 24 heavy (non-hydrogen) atoms. The molecule has 0 bridgehead atoms. The van der Waals surface area contributed by atoms with Gasteiger partial charge in [0.05, 0.1) is 30.4 Å². The number of piperidine rings is 1. The summed E-state index contributed by atoms with van der Waals surface area (Å²) in [6.07, 6.45) is 1.54. The van der Waals surface area contributed by atoms with E-state index in [2.05, 4.69) is 0 Å². The summed E-state index contributed by atoms with van der Waals surface area (Å²) < 4.78 is 18.6. The fourth-order valence-electron chi connectivity index (χ4n) is 3.24. The Labute approximate surface area is 139 Å². The standard InChI is InChI=1S/C17H19FN2O4/c1-2-24-17(23)11-4-3-7-19(9-11)10-20-14-8-12(18)5-6-13(14)15(21)16(20)22/h5-6,8,11H,2-4,7,9-10H2,1H3/t11-/m0/s1. The third kappa shape index (κ3) is 3.03. The number of benzene rings is 1. The van der Waals surface area contributed by atoms with E-state index in [1.54, 1.807) is 6.92 Å². The van der Waals surface area contributed by atoms with Gasteiger partial charge in [0, 0.05) is 6.54 Å². The van der Waals surface area contributed by atoms with Crippen molar-refractivity contribution in [3.8, 4) is 0 Å². The van der Waals surface area contributed by atoms with E-state index in [4.69, 9.17) is 4.74 Å². The van der Waals surface area contributed by atoms with Gasteiger partial charge in [0.1, 0.15) is 5.82 Å².